The van der Waals surface area contributed by atoms with Gasteiger partial charge in [-0.2, -0.15) is 18.3 Å². The molecule has 0 bridgehead atoms. The number of carbonyl (C=O) groups is 1. The molecule has 2 rings (SSSR count). The van der Waals surface area contributed by atoms with Crippen molar-refractivity contribution in [1.82, 2.24) is 25.1 Å². The summed E-state index contributed by atoms with van der Waals surface area (Å²) in [5.74, 6) is 0.510. The minimum atomic E-state index is -4.50. The van der Waals surface area contributed by atoms with Crippen molar-refractivity contribution in [3.63, 3.8) is 0 Å². The first-order valence-corrected chi connectivity index (χ1v) is 6.76. The van der Waals surface area contributed by atoms with Gasteiger partial charge < -0.3 is 10.6 Å². The summed E-state index contributed by atoms with van der Waals surface area (Å²) in [7, 11) is 0. The fraction of sp³-hybridized carbons (Fsp3) is 0.385. The van der Waals surface area contributed by atoms with Crippen LogP contribution >= 0.6 is 0 Å². The third kappa shape index (κ3) is 5.57. The summed E-state index contributed by atoms with van der Waals surface area (Å²) in [6.45, 7) is 2.00. The van der Waals surface area contributed by atoms with Gasteiger partial charge >= 0.3 is 6.18 Å². The van der Waals surface area contributed by atoms with Crippen LogP contribution in [0.1, 0.15) is 12.2 Å². The second-order valence-electron chi connectivity index (χ2n) is 4.68. The Morgan fingerprint density at radius 1 is 1.30 bits per heavy atom. The smallest absolute Gasteiger partial charge is 0.368 e. The predicted octanol–water partition coefficient (Wildman–Crippen LogP) is 1.45. The standard InChI is InChI=1S/C13H15F3N6O/c1-9-20-10(7-11(21-9)22-6-2-3-19-22)17-4-5-18-12(23)8-13(14,15)16/h2-3,6-7H,4-5,8H2,1H3,(H,18,23)(H,17,20,21). The van der Waals surface area contributed by atoms with E-state index in [2.05, 4.69) is 25.7 Å². The number of amides is 1. The van der Waals surface area contributed by atoms with Crippen LogP contribution in [0.15, 0.2) is 24.5 Å². The topological polar surface area (TPSA) is 84.7 Å². The van der Waals surface area contributed by atoms with E-state index in [-0.39, 0.29) is 13.1 Å². The Balaban J connectivity index is 1.86. The molecule has 1 amide bonds. The maximum atomic E-state index is 12.0. The van der Waals surface area contributed by atoms with Crippen LogP contribution in [-0.2, 0) is 4.79 Å². The minimum Gasteiger partial charge on any atom is -0.368 e. The van der Waals surface area contributed by atoms with Gasteiger partial charge in [-0.25, -0.2) is 14.6 Å². The number of rotatable bonds is 6. The molecule has 124 valence electrons. The molecule has 0 unspecified atom stereocenters. The number of aryl methyl sites for hydroxylation is 1. The van der Waals surface area contributed by atoms with Crippen molar-refractivity contribution < 1.29 is 18.0 Å². The summed E-state index contributed by atoms with van der Waals surface area (Å²) in [6, 6.07) is 3.40. The highest BCUT2D eigenvalue weighted by atomic mass is 19.4. The van der Waals surface area contributed by atoms with Gasteiger partial charge in [0, 0.05) is 31.5 Å². The number of aromatic nitrogens is 4. The van der Waals surface area contributed by atoms with Crippen molar-refractivity contribution in [3.05, 3.63) is 30.4 Å². The molecule has 0 saturated carbocycles. The van der Waals surface area contributed by atoms with Crippen LogP contribution in [0, 0.1) is 6.92 Å². The fourth-order valence-corrected chi connectivity index (χ4v) is 1.80. The molecule has 0 fully saturated rings. The van der Waals surface area contributed by atoms with Crippen LogP contribution < -0.4 is 10.6 Å². The van der Waals surface area contributed by atoms with Crippen molar-refractivity contribution in [1.29, 1.82) is 0 Å². The van der Waals surface area contributed by atoms with Crippen LogP contribution in [0.4, 0.5) is 19.0 Å². The molecule has 0 aliphatic rings. The van der Waals surface area contributed by atoms with E-state index in [0.717, 1.165) is 0 Å². The van der Waals surface area contributed by atoms with Crippen molar-refractivity contribution in [3.8, 4) is 5.82 Å². The Labute approximate surface area is 129 Å². The number of halogens is 3. The van der Waals surface area contributed by atoms with Crippen molar-refractivity contribution in [2.75, 3.05) is 18.4 Å². The first-order valence-electron chi connectivity index (χ1n) is 6.76. The number of hydrogen-bond acceptors (Lipinski definition) is 5. The molecular formula is C13H15F3N6O. The van der Waals surface area contributed by atoms with E-state index in [1.165, 1.54) is 0 Å². The van der Waals surface area contributed by atoms with E-state index >= 15 is 0 Å². The average molecular weight is 328 g/mol. The van der Waals surface area contributed by atoms with Gasteiger partial charge in [0.05, 0.1) is 0 Å². The van der Waals surface area contributed by atoms with Crippen molar-refractivity contribution >= 4 is 11.7 Å². The Morgan fingerprint density at radius 3 is 2.74 bits per heavy atom. The summed E-state index contributed by atoms with van der Waals surface area (Å²) in [4.78, 5) is 19.4. The summed E-state index contributed by atoms with van der Waals surface area (Å²) in [6.07, 6.45) is -2.65. The van der Waals surface area contributed by atoms with Crippen LogP contribution in [0.25, 0.3) is 5.82 Å². The summed E-state index contributed by atoms with van der Waals surface area (Å²) >= 11 is 0. The van der Waals surface area contributed by atoms with Crippen LogP contribution in [-0.4, -0.2) is 44.9 Å². The SMILES string of the molecule is Cc1nc(NCCNC(=O)CC(F)(F)F)cc(-n2cccn2)n1. The monoisotopic (exact) mass is 328 g/mol. The van der Waals surface area contributed by atoms with Gasteiger partial charge in [0.2, 0.25) is 5.91 Å². The first kappa shape index (κ1) is 16.7. The molecule has 2 heterocycles. The molecule has 0 aliphatic heterocycles. The van der Waals surface area contributed by atoms with E-state index in [0.29, 0.717) is 17.5 Å². The fourth-order valence-electron chi connectivity index (χ4n) is 1.80. The summed E-state index contributed by atoms with van der Waals surface area (Å²) in [5.41, 5.74) is 0. The molecule has 0 aliphatic carbocycles. The molecule has 0 aromatic carbocycles. The van der Waals surface area contributed by atoms with Gasteiger partial charge in [0.1, 0.15) is 18.1 Å². The number of carbonyl (C=O) groups excluding carboxylic acids is 1. The van der Waals surface area contributed by atoms with E-state index in [9.17, 15) is 18.0 Å². The highest BCUT2D eigenvalue weighted by Crippen LogP contribution is 2.18. The van der Waals surface area contributed by atoms with Crippen LogP contribution in [0.2, 0.25) is 0 Å². The number of nitrogens with zero attached hydrogens (tertiary/aromatic N) is 4. The number of nitrogens with one attached hydrogen (secondary N) is 2. The Morgan fingerprint density at radius 2 is 2.09 bits per heavy atom. The zero-order valence-corrected chi connectivity index (χ0v) is 12.3. The molecule has 2 aromatic rings. The first-order chi connectivity index (χ1) is 10.8. The Bertz CT molecular complexity index is 656. The number of hydrogen-bond donors (Lipinski definition) is 2. The number of alkyl halides is 3. The summed E-state index contributed by atoms with van der Waals surface area (Å²) < 4.78 is 37.6. The van der Waals surface area contributed by atoms with E-state index in [1.54, 1.807) is 36.1 Å². The van der Waals surface area contributed by atoms with E-state index in [1.807, 2.05) is 0 Å². The molecule has 2 N–H and O–H groups in total. The van der Waals surface area contributed by atoms with Crippen molar-refractivity contribution in [2.24, 2.45) is 0 Å². The normalized spacial score (nSPS) is 11.3. The lowest BCUT2D eigenvalue weighted by Crippen LogP contribution is -2.32. The van der Waals surface area contributed by atoms with Gasteiger partial charge in [-0.3, -0.25) is 4.79 Å². The lowest BCUT2D eigenvalue weighted by molar-refractivity contribution is -0.153. The van der Waals surface area contributed by atoms with E-state index < -0.39 is 18.5 Å². The Hall–Kier alpha value is -2.65. The maximum Gasteiger partial charge on any atom is 0.397 e. The minimum absolute atomic E-state index is 0.0507. The molecule has 0 atom stereocenters. The quantitative estimate of drug-likeness (QED) is 0.784. The van der Waals surface area contributed by atoms with Crippen molar-refractivity contribution in [2.45, 2.75) is 19.5 Å². The molecule has 23 heavy (non-hydrogen) atoms. The third-order valence-electron chi connectivity index (χ3n) is 2.68. The average Bonchev–Trinajstić information content (AvgIpc) is 2.95. The maximum absolute atomic E-state index is 12.0. The van der Waals surface area contributed by atoms with Crippen LogP contribution in [0.3, 0.4) is 0 Å². The van der Waals surface area contributed by atoms with Gasteiger partial charge in [0.15, 0.2) is 5.82 Å². The van der Waals surface area contributed by atoms with Gasteiger partial charge in [-0.05, 0) is 13.0 Å². The van der Waals surface area contributed by atoms with Gasteiger partial charge in [-0.15, -0.1) is 0 Å². The molecule has 0 saturated heterocycles. The second kappa shape index (κ2) is 7.07. The predicted molar refractivity (Wildman–Crippen MR) is 76.1 cm³/mol. The van der Waals surface area contributed by atoms with Gasteiger partial charge in [-0.1, -0.05) is 0 Å². The largest absolute Gasteiger partial charge is 0.397 e. The number of anilines is 1. The highest BCUT2D eigenvalue weighted by molar-refractivity contribution is 5.76. The zero-order valence-electron chi connectivity index (χ0n) is 12.3. The molecule has 2 aromatic heterocycles. The van der Waals surface area contributed by atoms with Crippen LogP contribution in [0.5, 0.6) is 0 Å². The highest BCUT2D eigenvalue weighted by Gasteiger charge is 2.30. The lowest BCUT2D eigenvalue weighted by Gasteiger charge is -2.10. The zero-order chi connectivity index (χ0) is 16.9. The molecule has 0 spiro atoms. The molecule has 0 radical (unpaired) electrons. The summed E-state index contributed by atoms with van der Waals surface area (Å²) in [5, 5.41) is 9.16. The third-order valence-corrected chi connectivity index (χ3v) is 2.68. The molecular weight excluding hydrogens is 313 g/mol. The molecule has 10 heteroatoms. The van der Waals surface area contributed by atoms with E-state index in [4.69, 9.17) is 0 Å². The van der Waals surface area contributed by atoms with Gasteiger partial charge in [0.25, 0.3) is 0 Å². The Kier molecular flexibility index (Phi) is 5.14. The molecule has 7 nitrogen and oxygen atoms in total. The lowest BCUT2D eigenvalue weighted by atomic mass is 10.4. The second-order valence-corrected chi connectivity index (χ2v) is 4.68.